The molecule has 0 spiro atoms. The van der Waals surface area contributed by atoms with Crippen LogP contribution in [0.1, 0.15) is 41.2 Å². The summed E-state index contributed by atoms with van der Waals surface area (Å²) in [6.45, 7) is 5.37. The molecule has 0 atom stereocenters. The Morgan fingerprint density at radius 1 is 0.963 bits per heavy atom. The summed E-state index contributed by atoms with van der Waals surface area (Å²) in [5.74, 6) is 0.197. The summed E-state index contributed by atoms with van der Waals surface area (Å²) >= 11 is 1.42. The predicted octanol–water partition coefficient (Wildman–Crippen LogP) is 1.61. The van der Waals surface area contributed by atoms with E-state index in [1.165, 1.54) is 24.2 Å². The molecule has 2 saturated heterocycles. The maximum atomic E-state index is 12.5. The van der Waals surface area contributed by atoms with Crippen LogP contribution in [0.4, 0.5) is 0 Å². The minimum atomic E-state index is -0.0329. The summed E-state index contributed by atoms with van der Waals surface area (Å²) in [6, 6.07) is 0. The molecule has 1 aromatic heterocycles. The number of halogens is 2. The number of amides is 2. The molecule has 3 rings (SSSR count). The number of nitrogens with two attached hydrogens (primary N) is 1. The third-order valence-corrected chi connectivity index (χ3v) is 5.79. The Morgan fingerprint density at radius 3 is 2.15 bits per heavy atom. The van der Waals surface area contributed by atoms with Crippen molar-refractivity contribution in [2.75, 3.05) is 45.8 Å². The van der Waals surface area contributed by atoms with Gasteiger partial charge in [0, 0.05) is 51.2 Å². The molecule has 3 heterocycles. The van der Waals surface area contributed by atoms with Gasteiger partial charge in [-0.15, -0.1) is 36.2 Å². The molecule has 2 amide bonds. The lowest BCUT2D eigenvalue weighted by atomic mass is 10.2. The summed E-state index contributed by atoms with van der Waals surface area (Å²) in [6.07, 6.45) is 4.69. The summed E-state index contributed by atoms with van der Waals surface area (Å²) in [4.78, 5) is 35.2. The van der Waals surface area contributed by atoms with Gasteiger partial charge in [-0.3, -0.25) is 14.5 Å². The lowest BCUT2D eigenvalue weighted by Gasteiger charge is -2.35. The van der Waals surface area contributed by atoms with Gasteiger partial charge in [0.05, 0.1) is 6.54 Å². The molecule has 10 heteroatoms. The first-order chi connectivity index (χ1) is 12.2. The van der Waals surface area contributed by atoms with Gasteiger partial charge in [-0.05, 0) is 12.8 Å². The Hall–Kier alpha value is -0.930. The molecule has 154 valence electrons. The van der Waals surface area contributed by atoms with E-state index in [1.54, 1.807) is 5.38 Å². The predicted molar refractivity (Wildman–Crippen MR) is 112 cm³/mol. The molecule has 0 bridgehead atoms. The normalized spacial score (nSPS) is 18.3. The quantitative estimate of drug-likeness (QED) is 0.773. The van der Waals surface area contributed by atoms with Crippen molar-refractivity contribution in [3.63, 3.8) is 0 Å². The standard InChI is InChI=1S/C17H27N5O2S.2ClH/c18-11-15-19-14(13-25-15)17(24)22-9-7-20(8-10-22)12-16(23)21-5-3-1-2-4-6-21;;/h13H,1-12,18H2;2*1H. The van der Waals surface area contributed by atoms with Gasteiger partial charge in [-0.25, -0.2) is 4.98 Å². The molecular formula is C17H29Cl2N5O2S. The summed E-state index contributed by atoms with van der Waals surface area (Å²) in [5, 5.41) is 2.56. The van der Waals surface area contributed by atoms with Crippen LogP contribution in [0, 0.1) is 0 Å². The van der Waals surface area contributed by atoms with Crippen molar-refractivity contribution < 1.29 is 9.59 Å². The molecule has 0 aliphatic carbocycles. The zero-order chi connectivity index (χ0) is 17.6. The highest BCUT2D eigenvalue weighted by Crippen LogP contribution is 2.14. The van der Waals surface area contributed by atoms with Gasteiger partial charge in [-0.2, -0.15) is 0 Å². The van der Waals surface area contributed by atoms with E-state index in [0.717, 1.165) is 44.0 Å². The molecule has 27 heavy (non-hydrogen) atoms. The first kappa shape index (κ1) is 24.1. The monoisotopic (exact) mass is 437 g/mol. The second kappa shape index (κ2) is 11.8. The average Bonchev–Trinajstić information content (AvgIpc) is 2.95. The maximum Gasteiger partial charge on any atom is 0.273 e. The third kappa shape index (κ3) is 6.57. The Balaban J connectivity index is 0.00000182. The van der Waals surface area contributed by atoms with Gasteiger partial charge >= 0.3 is 0 Å². The number of hydrogen-bond donors (Lipinski definition) is 1. The fourth-order valence-electron chi connectivity index (χ4n) is 3.39. The number of piperazine rings is 1. The highest BCUT2D eigenvalue weighted by atomic mass is 35.5. The van der Waals surface area contributed by atoms with E-state index in [2.05, 4.69) is 9.88 Å². The Bertz CT molecular complexity index is 600. The van der Waals surface area contributed by atoms with Gasteiger partial charge in [0.25, 0.3) is 5.91 Å². The van der Waals surface area contributed by atoms with Crippen molar-refractivity contribution in [2.24, 2.45) is 5.73 Å². The number of rotatable bonds is 4. The number of thiazole rings is 1. The van der Waals surface area contributed by atoms with Gasteiger partial charge in [0.1, 0.15) is 10.7 Å². The van der Waals surface area contributed by atoms with Crippen molar-refractivity contribution in [1.29, 1.82) is 0 Å². The topological polar surface area (TPSA) is 82.8 Å². The molecule has 0 unspecified atom stereocenters. The van der Waals surface area contributed by atoms with Crippen LogP contribution in [0.25, 0.3) is 0 Å². The number of carbonyl (C=O) groups is 2. The molecule has 0 radical (unpaired) electrons. The Kier molecular flexibility index (Phi) is 10.5. The van der Waals surface area contributed by atoms with E-state index < -0.39 is 0 Å². The van der Waals surface area contributed by atoms with Crippen molar-refractivity contribution in [2.45, 2.75) is 32.2 Å². The molecular weight excluding hydrogens is 409 g/mol. The van der Waals surface area contributed by atoms with E-state index >= 15 is 0 Å². The second-order valence-electron chi connectivity index (χ2n) is 6.69. The van der Waals surface area contributed by atoms with Crippen molar-refractivity contribution >= 4 is 48.0 Å². The Labute approximate surface area is 177 Å². The molecule has 1 aromatic rings. The van der Waals surface area contributed by atoms with Crippen LogP contribution < -0.4 is 5.73 Å². The van der Waals surface area contributed by atoms with E-state index in [9.17, 15) is 9.59 Å². The lowest BCUT2D eigenvalue weighted by molar-refractivity contribution is -0.132. The lowest BCUT2D eigenvalue weighted by Crippen LogP contribution is -2.51. The van der Waals surface area contributed by atoms with E-state index in [4.69, 9.17) is 5.73 Å². The van der Waals surface area contributed by atoms with Gasteiger partial charge in [0.2, 0.25) is 5.91 Å². The fourth-order valence-corrected chi connectivity index (χ4v) is 4.03. The molecule has 0 saturated carbocycles. The molecule has 2 aliphatic rings. The van der Waals surface area contributed by atoms with E-state index in [0.29, 0.717) is 31.9 Å². The first-order valence-corrected chi connectivity index (χ1v) is 9.99. The molecule has 2 fully saturated rings. The van der Waals surface area contributed by atoms with Gasteiger partial charge < -0.3 is 15.5 Å². The van der Waals surface area contributed by atoms with E-state index in [1.807, 2.05) is 9.80 Å². The van der Waals surface area contributed by atoms with Crippen molar-refractivity contribution in [3.05, 3.63) is 16.1 Å². The van der Waals surface area contributed by atoms with E-state index in [-0.39, 0.29) is 36.6 Å². The van der Waals surface area contributed by atoms with Crippen LogP contribution in [-0.4, -0.2) is 77.3 Å². The maximum absolute atomic E-state index is 12.5. The average molecular weight is 438 g/mol. The van der Waals surface area contributed by atoms with Crippen molar-refractivity contribution in [3.8, 4) is 0 Å². The first-order valence-electron chi connectivity index (χ1n) is 9.11. The molecule has 2 aliphatic heterocycles. The minimum Gasteiger partial charge on any atom is -0.342 e. The highest BCUT2D eigenvalue weighted by molar-refractivity contribution is 7.09. The van der Waals surface area contributed by atoms with Crippen molar-refractivity contribution in [1.82, 2.24) is 19.7 Å². The Morgan fingerprint density at radius 2 is 1.59 bits per heavy atom. The fraction of sp³-hybridized carbons (Fsp3) is 0.706. The minimum absolute atomic E-state index is 0. The molecule has 7 nitrogen and oxygen atoms in total. The highest BCUT2D eigenvalue weighted by Gasteiger charge is 2.26. The smallest absolute Gasteiger partial charge is 0.273 e. The number of hydrogen-bond acceptors (Lipinski definition) is 6. The van der Waals surface area contributed by atoms with Crippen LogP contribution in [0.2, 0.25) is 0 Å². The summed E-state index contributed by atoms with van der Waals surface area (Å²) in [7, 11) is 0. The van der Waals surface area contributed by atoms with Crippen LogP contribution in [0.15, 0.2) is 5.38 Å². The van der Waals surface area contributed by atoms with Crippen LogP contribution in [0.5, 0.6) is 0 Å². The number of aromatic nitrogens is 1. The zero-order valence-corrected chi connectivity index (χ0v) is 17.9. The second-order valence-corrected chi connectivity index (χ2v) is 7.64. The largest absolute Gasteiger partial charge is 0.342 e. The number of nitrogens with zero attached hydrogens (tertiary/aromatic N) is 4. The molecule has 2 N–H and O–H groups in total. The zero-order valence-electron chi connectivity index (χ0n) is 15.5. The van der Waals surface area contributed by atoms with Crippen LogP contribution in [-0.2, 0) is 11.3 Å². The molecule has 0 aromatic carbocycles. The summed E-state index contributed by atoms with van der Waals surface area (Å²) in [5.41, 5.74) is 6.04. The number of carbonyl (C=O) groups excluding carboxylic acids is 2. The number of likely N-dealkylation sites (tertiary alicyclic amines) is 1. The van der Waals surface area contributed by atoms with Crippen LogP contribution >= 0.6 is 36.2 Å². The van der Waals surface area contributed by atoms with Gasteiger partial charge in [0.15, 0.2) is 0 Å². The summed E-state index contributed by atoms with van der Waals surface area (Å²) < 4.78 is 0. The third-order valence-electron chi connectivity index (χ3n) is 4.92. The van der Waals surface area contributed by atoms with Crippen LogP contribution in [0.3, 0.4) is 0 Å². The SMILES string of the molecule is Cl.Cl.NCc1nc(C(=O)N2CCN(CC(=O)N3CCCCCC3)CC2)cs1. The van der Waals surface area contributed by atoms with Gasteiger partial charge in [-0.1, -0.05) is 12.8 Å².